The first-order chi connectivity index (χ1) is 9.09. The summed E-state index contributed by atoms with van der Waals surface area (Å²) in [5, 5.41) is 9.75. The fourth-order valence-corrected chi connectivity index (χ4v) is 2.71. The number of anilines is 1. The maximum Gasteiger partial charge on any atom is 0.131 e. The van der Waals surface area contributed by atoms with Gasteiger partial charge in [-0.3, -0.25) is 0 Å². The molecule has 3 nitrogen and oxygen atoms in total. The lowest BCUT2D eigenvalue weighted by Gasteiger charge is -2.30. The average molecular weight is 267 g/mol. The number of hydrogen-bond acceptors (Lipinski definition) is 3. The summed E-state index contributed by atoms with van der Waals surface area (Å²) in [6, 6.07) is 4.93. The number of ether oxygens (including phenoxy) is 1. The highest BCUT2D eigenvalue weighted by atomic mass is 19.1. The molecule has 1 heterocycles. The van der Waals surface area contributed by atoms with E-state index in [1.807, 2.05) is 18.0 Å². The van der Waals surface area contributed by atoms with Gasteiger partial charge >= 0.3 is 0 Å². The van der Waals surface area contributed by atoms with Gasteiger partial charge in [-0.15, -0.1) is 0 Å². The zero-order chi connectivity index (χ0) is 13.8. The lowest BCUT2D eigenvalue weighted by atomic mass is 10.0. The van der Waals surface area contributed by atoms with Crippen molar-refractivity contribution in [3.63, 3.8) is 0 Å². The minimum absolute atomic E-state index is 0.348. The number of rotatable bonds is 4. The lowest BCUT2D eigenvalue weighted by molar-refractivity contribution is 0.0576. The van der Waals surface area contributed by atoms with Crippen LogP contribution in [0.3, 0.4) is 0 Å². The van der Waals surface area contributed by atoms with Crippen LogP contribution >= 0.6 is 0 Å². The summed E-state index contributed by atoms with van der Waals surface area (Å²) < 4.78 is 19.3. The van der Waals surface area contributed by atoms with Gasteiger partial charge in [-0.2, -0.15) is 0 Å². The number of nitrogens with zero attached hydrogens (tertiary/aromatic N) is 1. The van der Waals surface area contributed by atoms with E-state index in [9.17, 15) is 9.50 Å². The van der Waals surface area contributed by atoms with E-state index in [1.165, 1.54) is 6.07 Å². The Labute approximate surface area is 114 Å². The van der Waals surface area contributed by atoms with Gasteiger partial charge in [0.05, 0.1) is 12.7 Å². The average Bonchev–Trinajstić information content (AvgIpc) is 2.39. The molecule has 0 bridgehead atoms. The largest absolute Gasteiger partial charge is 0.389 e. The molecule has 0 aliphatic carbocycles. The first-order valence-electron chi connectivity index (χ1n) is 6.85. The van der Waals surface area contributed by atoms with Crippen LogP contribution in [0.2, 0.25) is 0 Å². The molecule has 19 heavy (non-hydrogen) atoms. The Morgan fingerprint density at radius 1 is 1.53 bits per heavy atom. The van der Waals surface area contributed by atoms with Crippen LogP contribution in [0.1, 0.15) is 31.4 Å². The van der Waals surface area contributed by atoms with E-state index >= 15 is 0 Å². The summed E-state index contributed by atoms with van der Waals surface area (Å²) in [7, 11) is 1.94. The molecule has 1 fully saturated rings. The Morgan fingerprint density at radius 2 is 2.32 bits per heavy atom. The molecule has 4 heteroatoms. The van der Waals surface area contributed by atoms with Crippen LogP contribution in [0.4, 0.5) is 10.1 Å². The monoisotopic (exact) mass is 267 g/mol. The lowest BCUT2D eigenvalue weighted by Crippen LogP contribution is -2.31. The van der Waals surface area contributed by atoms with E-state index in [1.54, 1.807) is 13.0 Å². The number of aliphatic hydroxyl groups is 1. The fraction of sp³-hybridized carbons (Fsp3) is 0.600. The molecule has 1 unspecified atom stereocenters. The molecule has 2 rings (SSSR count). The third-order valence-corrected chi connectivity index (χ3v) is 3.65. The molecule has 1 aliphatic rings. The Balaban J connectivity index is 2.13. The van der Waals surface area contributed by atoms with Crippen molar-refractivity contribution in [1.82, 2.24) is 0 Å². The van der Waals surface area contributed by atoms with Gasteiger partial charge < -0.3 is 14.7 Å². The van der Waals surface area contributed by atoms with E-state index in [4.69, 9.17) is 4.74 Å². The van der Waals surface area contributed by atoms with E-state index in [0.717, 1.165) is 38.3 Å². The van der Waals surface area contributed by atoms with Gasteiger partial charge in [0.2, 0.25) is 0 Å². The molecule has 1 N–H and O–H groups in total. The maximum absolute atomic E-state index is 13.8. The van der Waals surface area contributed by atoms with Crippen molar-refractivity contribution >= 4 is 5.69 Å². The van der Waals surface area contributed by atoms with Crippen molar-refractivity contribution in [3.8, 4) is 0 Å². The van der Waals surface area contributed by atoms with Crippen molar-refractivity contribution in [2.24, 2.45) is 5.92 Å². The van der Waals surface area contributed by atoms with Gasteiger partial charge in [0.1, 0.15) is 5.82 Å². The first kappa shape index (κ1) is 14.3. The standard InChI is InChI=1S/C15H22FNO2/c1-11(18)15-13(16)6-3-7-14(15)17(2)9-12-5-4-8-19-10-12/h3,6-7,11-12,18H,4-5,8-10H2,1-2H3/t11-,12?/m0/s1. The van der Waals surface area contributed by atoms with E-state index in [0.29, 0.717) is 11.5 Å². The van der Waals surface area contributed by atoms with Crippen LogP contribution in [-0.4, -0.2) is 31.9 Å². The quantitative estimate of drug-likeness (QED) is 0.910. The number of aliphatic hydroxyl groups excluding tert-OH is 1. The highest BCUT2D eigenvalue weighted by Crippen LogP contribution is 2.29. The van der Waals surface area contributed by atoms with E-state index in [2.05, 4.69) is 0 Å². The van der Waals surface area contributed by atoms with Crippen molar-refractivity contribution < 1.29 is 14.2 Å². The molecule has 1 aromatic carbocycles. The highest BCUT2D eigenvalue weighted by molar-refractivity contribution is 5.54. The summed E-state index contributed by atoms with van der Waals surface area (Å²) in [4.78, 5) is 2.02. The Bertz CT molecular complexity index is 417. The predicted molar refractivity (Wildman–Crippen MR) is 73.8 cm³/mol. The summed E-state index contributed by atoms with van der Waals surface area (Å²) in [5.41, 5.74) is 1.14. The molecular formula is C15H22FNO2. The minimum atomic E-state index is -0.804. The fourth-order valence-electron chi connectivity index (χ4n) is 2.71. The molecular weight excluding hydrogens is 245 g/mol. The minimum Gasteiger partial charge on any atom is -0.389 e. The maximum atomic E-state index is 13.8. The molecule has 0 amide bonds. The number of halogens is 1. The molecule has 1 saturated heterocycles. The molecule has 0 radical (unpaired) electrons. The summed E-state index contributed by atoms with van der Waals surface area (Å²) in [5.74, 6) is 0.128. The smallest absolute Gasteiger partial charge is 0.131 e. The Kier molecular flexibility index (Phi) is 4.77. The van der Waals surface area contributed by atoms with Gasteiger partial charge in [0.25, 0.3) is 0 Å². The molecule has 106 valence electrons. The number of hydrogen-bond donors (Lipinski definition) is 1. The van der Waals surface area contributed by atoms with Crippen molar-refractivity contribution in [1.29, 1.82) is 0 Å². The Hall–Kier alpha value is -1.13. The topological polar surface area (TPSA) is 32.7 Å². The SMILES string of the molecule is C[C@H](O)c1c(F)cccc1N(C)CC1CCCOC1. The molecule has 2 atom stereocenters. The van der Waals surface area contributed by atoms with Gasteiger partial charge in [0.15, 0.2) is 0 Å². The van der Waals surface area contributed by atoms with Gasteiger partial charge in [-0.05, 0) is 37.8 Å². The molecule has 0 saturated carbocycles. The summed E-state index contributed by atoms with van der Waals surface area (Å²) in [6.45, 7) is 4.03. The van der Waals surface area contributed by atoms with Crippen LogP contribution in [-0.2, 0) is 4.74 Å². The second-order valence-electron chi connectivity index (χ2n) is 5.31. The zero-order valence-electron chi connectivity index (χ0n) is 11.6. The molecule has 0 aromatic heterocycles. The van der Waals surface area contributed by atoms with Gasteiger partial charge in [-0.25, -0.2) is 4.39 Å². The molecule has 1 aromatic rings. The number of benzene rings is 1. The Morgan fingerprint density at radius 3 is 2.95 bits per heavy atom. The van der Waals surface area contributed by atoms with Crippen LogP contribution in [0, 0.1) is 11.7 Å². The third-order valence-electron chi connectivity index (χ3n) is 3.65. The first-order valence-corrected chi connectivity index (χ1v) is 6.85. The normalized spacial score (nSPS) is 21.2. The van der Waals surface area contributed by atoms with Crippen molar-refractivity contribution in [2.75, 3.05) is 31.7 Å². The van der Waals surface area contributed by atoms with Gasteiger partial charge in [-0.1, -0.05) is 6.07 Å². The summed E-state index contributed by atoms with van der Waals surface area (Å²) in [6.07, 6.45) is 1.43. The predicted octanol–water partition coefficient (Wildman–Crippen LogP) is 2.74. The van der Waals surface area contributed by atoms with Crippen LogP contribution in [0.25, 0.3) is 0 Å². The molecule has 0 spiro atoms. The second-order valence-corrected chi connectivity index (χ2v) is 5.31. The van der Waals surface area contributed by atoms with Crippen molar-refractivity contribution in [2.45, 2.75) is 25.9 Å². The summed E-state index contributed by atoms with van der Waals surface area (Å²) >= 11 is 0. The second kappa shape index (κ2) is 6.35. The van der Waals surface area contributed by atoms with Crippen LogP contribution < -0.4 is 4.90 Å². The third kappa shape index (κ3) is 3.45. The van der Waals surface area contributed by atoms with E-state index in [-0.39, 0.29) is 5.82 Å². The van der Waals surface area contributed by atoms with Crippen LogP contribution in [0.15, 0.2) is 18.2 Å². The van der Waals surface area contributed by atoms with E-state index < -0.39 is 6.10 Å². The van der Waals surface area contributed by atoms with Crippen LogP contribution in [0.5, 0.6) is 0 Å². The van der Waals surface area contributed by atoms with Gasteiger partial charge in [0, 0.05) is 31.5 Å². The molecule has 1 aliphatic heterocycles. The zero-order valence-corrected chi connectivity index (χ0v) is 11.6. The highest BCUT2D eigenvalue weighted by Gasteiger charge is 2.20. The van der Waals surface area contributed by atoms with Crippen molar-refractivity contribution in [3.05, 3.63) is 29.6 Å².